The van der Waals surface area contributed by atoms with Crippen LogP contribution in [0.5, 0.6) is 0 Å². The Morgan fingerprint density at radius 2 is 2.29 bits per heavy atom. The zero-order valence-electron chi connectivity index (χ0n) is 13.2. The topological polar surface area (TPSA) is 50.2 Å². The number of nitrogens with one attached hydrogen (secondary N) is 1. The average molecular weight is 290 g/mol. The molecule has 1 N–H and O–H groups in total. The molecule has 3 rings (SSSR count). The average Bonchev–Trinajstić information content (AvgIpc) is 3.10. The molecule has 0 bridgehead atoms. The third-order valence-electron chi connectivity index (χ3n) is 5.01. The number of carbonyl (C=O) groups is 1. The van der Waals surface area contributed by atoms with Gasteiger partial charge in [-0.05, 0) is 19.1 Å². The van der Waals surface area contributed by atoms with Gasteiger partial charge in [0.1, 0.15) is 11.8 Å². The van der Waals surface area contributed by atoms with E-state index in [9.17, 15) is 4.79 Å². The van der Waals surface area contributed by atoms with Crippen LogP contribution in [0.4, 0.5) is 0 Å². The predicted molar refractivity (Wildman–Crippen MR) is 79.9 cm³/mol. The van der Waals surface area contributed by atoms with Gasteiger partial charge in [-0.15, -0.1) is 0 Å². The summed E-state index contributed by atoms with van der Waals surface area (Å²) in [6.45, 7) is 7.40. The second kappa shape index (κ2) is 5.30. The van der Waals surface area contributed by atoms with Crippen LogP contribution in [0.15, 0.2) is 27.9 Å². The second-order valence-corrected chi connectivity index (χ2v) is 6.34. The van der Waals surface area contributed by atoms with Gasteiger partial charge in [0, 0.05) is 12.3 Å². The van der Waals surface area contributed by atoms with Crippen molar-refractivity contribution in [2.75, 3.05) is 13.6 Å². The minimum absolute atomic E-state index is 0.0651. The third kappa shape index (κ3) is 2.20. The van der Waals surface area contributed by atoms with Crippen LogP contribution in [0, 0.1) is 11.8 Å². The van der Waals surface area contributed by atoms with Gasteiger partial charge in [-0.25, -0.2) is 5.01 Å². The molecule has 1 aromatic heterocycles. The molecule has 3 heterocycles. The molecule has 1 aromatic rings. The highest BCUT2D eigenvalue weighted by molar-refractivity contribution is 5.94. The fourth-order valence-corrected chi connectivity index (χ4v) is 3.73. The summed E-state index contributed by atoms with van der Waals surface area (Å²) in [7, 11) is 2.22. The molecule has 2 aliphatic rings. The summed E-state index contributed by atoms with van der Waals surface area (Å²) >= 11 is 0. The summed E-state index contributed by atoms with van der Waals surface area (Å²) in [6, 6.07) is 4.18. The van der Waals surface area contributed by atoms with E-state index >= 15 is 0 Å². The summed E-state index contributed by atoms with van der Waals surface area (Å²) in [5.74, 6) is 1.55. The number of amides is 1. The van der Waals surface area contributed by atoms with Crippen molar-refractivity contribution in [1.29, 1.82) is 0 Å². The number of carbonyl (C=O) groups excluding carboxylic acids is 1. The summed E-state index contributed by atoms with van der Waals surface area (Å²) in [4.78, 5) is 13.8. The molecule has 1 unspecified atom stereocenters. The van der Waals surface area contributed by atoms with Gasteiger partial charge in [-0.2, -0.15) is 5.10 Å². The Balaban J connectivity index is 2.04. The molecule has 1 amide bonds. The lowest BCUT2D eigenvalue weighted by Gasteiger charge is -2.38. The maximum atomic E-state index is 12.3. The number of hydrogen-bond donors (Lipinski definition) is 1. The van der Waals surface area contributed by atoms with Crippen LogP contribution in [0.25, 0.3) is 0 Å². The molecule has 21 heavy (non-hydrogen) atoms. The highest BCUT2D eigenvalue weighted by Crippen LogP contribution is 2.40. The molecule has 5 heteroatoms. The normalized spacial score (nSPS) is 35.5. The smallest absolute Gasteiger partial charge is 0.243 e. The number of likely N-dealkylation sites (tertiary alicyclic amines) is 1. The fraction of sp³-hybridized carbons (Fsp3) is 0.625. The first kappa shape index (κ1) is 14.3. The second-order valence-electron chi connectivity index (χ2n) is 6.34. The van der Waals surface area contributed by atoms with Gasteiger partial charge in [0.25, 0.3) is 0 Å². The van der Waals surface area contributed by atoms with Crippen molar-refractivity contribution in [3.63, 3.8) is 0 Å². The zero-order valence-corrected chi connectivity index (χ0v) is 13.2. The van der Waals surface area contributed by atoms with E-state index in [1.165, 1.54) is 4.90 Å². The molecule has 0 saturated carbocycles. The van der Waals surface area contributed by atoms with E-state index in [4.69, 9.17) is 9.52 Å². The van der Waals surface area contributed by atoms with Crippen molar-refractivity contribution < 1.29 is 14.1 Å². The van der Waals surface area contributed by atoms with E-state index in [0.717, 1.165) is 18.0 Å². The SMILES string of the molecule is CCC(=O)N1N=C2[C@@H]([C@H]1c1ccco1)[C@H](C)[NH+](C)C[C@@H]2C. The Hall–Kier alpha value is -1.62. The van der Waals surface area contributed by atoms with Gasteiger partial charge < -0.3 is 9.32 Å². The van der Waals surface area contributed by atoms with Gasteiger partial charge in [0.15, 0.2) is 0 Å². The number of nitrogens with zero attached hydrogens (tertiary/aromatic N) is 2. The van der Waals surface area contributed by atoms with Crippen LogP contribution in [0.1, 0.15) is 39.0 Å². The number of hydrogen-bond acceptors (Lipinski definition) is 3. The molecule has 1 fully saturated rings. The lowest BCUT2D eigenvalue weighted by Crippen LogP contribution is -3.15. The Bertz CT molecular complexity index is 552. The zero-order chi connectivity index (χ0) is 15.1. The molecule has 5 nitrogen and oxygen atoms in total. The van der Waals surface area contributed by atoms with E-state index in [1.54, 1.807) is 11.3 Å². The lowest BCUT2D eigenvalue weighted by molar-refractivity contribution is -0.912. The molecule has 0 radical (unpaired) electrons. The van der Waals surface area contributed by atoms with Gasteiger partial charge >= 0.3 is 0 Å². The summed E-state index contributed by atoms with van der Waals surface area (Å²) in [5.41, 5.74) is 1.16. The predicted octanol–water partition coefficient (Wildman–Crippen LogP) is 1.10. The summed E-state index contributed by atoms with van der Waals surface area (Å²) < 4.78 is 5.63. The maximum absolute atomic E-state index is 12.3. The first-order valence-corrected chi connectivity index (χ1v) is 7.80. The van der Waals surface area contributed by atoms with Crippen molar-refractivity contribution in [1.82, 2.24) is 5.01 Å². The number of piperidine rings is 1. The number of rotatable bonds is 2. The van der Waals surface area contributed by atoms with Gasteiger partial charge in [-0.3, -0.25) is 4.79 Å². The Morgan fingerprint density at radius 1 is 1.52 bits per heavy atom. The molecule has 5 atom stereocenters. The molecule has 0 aliphatic carbocycles. The maximum Gasteiger partial charge on any atom is 0.243 e. The van der Waals surface area contributed by atoms with Crippen molar-refractivity contribution >= 4 is 11.6 Å². The van der Waals surface area contributed by atoms with Crippen LogP contribution < -0.4 is 4.90 Å². The molecule has 1 saturated heterocycles. The summed E-state index contributed by atoms with van der Waals surface area (Å²) in [6.07, 6.45) is 2.14. The quantitative estimate of drug-likeness (QED) is 0.886. The first-order chi connectivity index (χ1) is 10.0. The number of furan rings is 1. The van der Waals surface area contributed by atoms with E-state index in [2.05, 4.69) is 20.9 Å². The molecule has 2 aliphatic heterocycles. The molecule has 0 spiro atoms. The molecular formula is C16H24N3O2+. The van der Waals surface area contributed by atoms with E-state index in [-0.39, 0.29) is 17.9 Å². The minimum Gasteiger partial charge on any atom is -0.467 e. The third-order valence-corrected chi connectivity index (χ3v) is 5.01. The van der Waals surface area contributed by atoms with Crippen molar-refractivity contribution in [2.45, 2.75) is 39.3 Å². The van der Waals surface area contributed by atoms with Crippen LogP contribution in [-0.4, -0.2) is 36.3 Å². The highest BCUT2D eigenvalue weighted by Gasteiger charge is 2.51. The fourth-order valence-electron chi connectivity index (χ4n) is 3.73. The minimum atomic E-state index is -0.0878. The van der Waals surface area contributed by atoms with Crippen LogP contribution >= 0.6 is 0 Å². The van der Waals surface area contributed by atoms with E-state index < -0.39 is 0 Å². The van der Waals surface area contributed by atoms with Crippen LogP contribution in [0.3, 0.4) is 0 Å². The van der Waals surface area contributed by atoms with Crippen LogP contribution in [0.2, 0.25) is 0 Å². The van der Waals surface area contributed by atoms with Crippen molar-refractivity contribution in [3.05, 3.63) is 24.2 Å². The van der Waals surface area contributed by atoms with Gasteiger partial charge in [0.2, 0.25) is 5.91 Å². The first-order valence-electron chi connectivity index (χ1n) is 7.80. The monoisotopic (exact) mass is 290 g/mol. The lowest BCUT2D eigenvalue weighted by atomic mass is 9.78. The highest BCUT2D eigenvalue weighted by atomic mass is 16.3. The number of quaternary nitrogens is 1. The molecule has 0 aromatic carbocycles. The van der Waals surface area contributed by atoms with Gasteiger partial charge in [-0.1, -0.05) is 13.8 Å². The number of hydrazone groups is 1. The van der Waals surface area contributed by atoms with E-state index in [1.807, 2.05) is 19.1 Å². The van der Waals surface area contributed by atoms with Crippen molar-refractivity contribution in [3.8, 4) is 0 Å². The van der Waals surface area contributed by atoms with Crippen LogP contribution in [-0.2, 0) is 4.79 Å². The largest absolute Gasteiger partial charge is 0.467 e. The van der Waals surface area contributed by atoms with E-state index in [0.29, 0.717) is 18.4 Å². The molecule has 114 valence electrons. The van der Waals surface area contributed by atoms with Gasteiger partial charge in [0.05, 0.1) is 37.5 Å². The Kier molecular flexibility index (Phi) is 3.61. The Labute approximate surface area is 125 Å². The summed E-state index contributed by atoms with van der Waals surface area (Å²) in [5, 5.41) is 6.38. The van der Waals surface area contributed by atoms with Crippen molar-refractivity contribution in [2.24, 2.45) is 16.9 Å². The Morgan fingerprint density at radius 3 is 2.90 bits per heavy atom. The molecular weight excluding hydrogens is 266 g/mol. The number of fused-ring (bicyclic) bond motifs is 1. The standard InChI is InChI=1S/C16H23N3O2/c1-5-13(20)19-16(12-7-6-8-21-12)14-11(3)18(4)9-10(2)15(14)17-19/h6-8,10-11,14,16H,5,9H2,1-4H3/p+1/t10-,11-,14-,16+/m0/s1.